The molecule has 4 heteroatoms. The molecule has 23 heavy (non-hydrogen) atoms. The Balaban J connectivity index is 1.80. The molecule has 2 heterocycles. The number of fused-ring (bicyclic) bond motifs is 3. The van der Waals surface area contributed by atoms with E-state index in [4.69, 9.17) is 11.6 Å². The molecular formula is C19H15ClN2O. The van der Waals surface area contributed by atoms with Gasteiger partial charge in [0, 0.05) is 23.5 Å². The van der Waals surface area contributed by atoms with Crippen LogP contribution in [0.2, 0.25) is 5.15 Å². The average Bonchev–Trinajstić information content (AvgIpc) is 2.99. The van der Waals surface area contributed by atoms with Crippen LogP contribution in [-0.4, -0.2) is 14.7 Å². The Morgan fingerprint density at radius 2 is 1.74 bits per heavy atom. The van der Waals surface area contributed by atoms with Gasteiger partial charge in [-0.1, -0.05) is 48.0 Å². The van der Waals surface area contributed by atoms with Gasteiger partial charge in [0.05, 0.1) is 11.0 Å². The van der Waals surface area contributed by atoms with Gasteiger partial charge in [0.2, 0.25) is 0 Å². The highest BCUT2D eigenvalue weighted by Crippen LogP contribution is 2.30. The number of phenols is 1. The molecule has 0 aliphatic rings. The Hall–Kier alpha value is -2.52. The third kappa shape index (κ3) is 2.43. The maximum Gasteiger partial charge on any atom is 0.139 e. The minimum Gasteiger partial charge on any atom is -0.508 e. The number of phenolic OH excluding ortho intramolecular Hbond substituents is 1. The second-order valence-electron chi connectivity index (χ2n) is 5.57. The van der Waals surface area contributed by atoms with E-state index in [1.807, 2.05) is 48.7 Å². The highest BCUT2D eigenvalue weighted by atomic mass is 35.5. The second-order valence-corrected chi connectivity index (χ2v) is 5.93. The van der Waals surface area contributed by atoms with E-state index in [1.54, 1.807) is 6.07 Å². The van der Waals surface area contributed by atoms with Crippen LogP contribution in [-0.2, 0) is 13.0 Å². The first-order valence-corrected chi connectivity index (χ1v) is 7.92. The highest BCUT2D eigenvalue weighted by molar-refractivity contribution is 6.35. The molecular weight excluding hydrogens is 308 g/mol. The van der Waals surface area contributed by atoms with Crippen molar-refractivity contribution in [1.29, 1.82) is 0 Å². The summed E-state index contributed by atoms with van der Waals surface area (Å²) < 4.78 is 2.18. The van der Waals surface area contributed by atoms with Crippen molar-refractivity contribution in [1.82, 2.24) is 9.55 Å². The van der Waals surface area contributed by atoms with Crippen LogP contribution >= 0.6 is 11.6 Å². The van der Waals surface area contributed by atoms with Crippen LogP contribution in [0.1, 0.15) is 5.56 Å². The lowest BCUT2D eigenvalue weighted by Gasteiger charge is -2.09. The number of pyridine rings is 1. The van der Waals surface area contributed by atoms with Gasteiger partial charge in [0.1, 0.15) is 10.9 Å². The Morgan fingerprint density at radius 1 is 0.957 bits per heavy atom. The van der Waals surface area contributed by atoms with Crippen LogP contribution in [0.25, 0.3) is 21.8 Å². The third-order valence-electron chi connectivity index (χ3n) is 4.18. The van der Waals surface area contributed by atoms with Gasteiger partial charge < -0.3 is 9.67 Å². The molecule has 4 rings (SSSR count). The predicted octanol–water partition coefficient (Wildman–Crippen LogP) is 4.79. The van der Waals surface area contributed by atoms with Gasteiger partial charge in [0.15, 0.2) is 0 Å². The fourth-order valence-corrected chi connectivity index (χ4v) is 3.27. The number of halogens is 1. The molecule has 0 bridgehead atoms. The maximum atomic E-state index is 9.93. The molecule has 0 unspecified atom stereocenters. The predicted molar refractivity (Wildman–Crippen MR) is 94.1 cm³/mol. The Bertz CT molecular complexity index is 1010. The molecule has 0 saturated heterocycles. The van der Waals surface area contributed by atoms with Gasteiger partial charge in [-0.15, -0.1) is 0 Å². The molecule has 0 fully saturated rings. The number of nitrogens with zero attached hydrogens (tertiary/aromatic N) is 2. The lowest BCUT2D eigenvalue weighted by molar-refractivity contribution is 0.466. The van der Waals surface area contributed by atoms with Crippen LogP contribution < -0.4 is 0 Å². The van der Waals surface area contributed by atoms with Gasteiger partial charge in [0.25, 0.3) is 0 Å². The first kappa shape index (κ1) is 14.1. The summed E-state index contributed by atoms with van der Waals surface area (Å²) in [5.41, 5.74) is 2.93. The number of aromatic hydroxyl groups is 1. The van der Waals surface area contributed by atoms with Gasteiger partial charge in [-0.25, -0.2) is 4.98 Å². The van der Waals surface area contributed by atoms with E-state index in [0.29, 0.717) is 10.9 Å². The number of hydrogen-bond acceptors (Lipinski definition) is 2. The molecule has 0 aliphatic heterocycles. The summed E-state index contributed by atoms with van der Waals surface area (Å²) in [6.07, 6.45) is 2.79. The lowest BCUT2D eigenvalue weighted by Crippen LogP contribution is -2.00. The number of aromatic nitrogens is 2. The van der Waals surface area contributed by atoms with Crippen molar-refractivity contribution in [3.05, 3.63) is 71.5 Å². The summed E-state index contributed by atoms with van der Waals surface area (Å²) in [4.78, 5) is 4.46. The zero-order valence-corrected chi connectivity index (χ0v) is 13.2. The summed E-state index contributed by atoms with van der Waals surface area (Å²) in [6, 6.07) is 17.5. The summed E-state index contributed by atoms with van der Waals surface area (Å²) in [6.45, 7) is 0.769. The quantitative estimate of drug-likeness (QED) is 0.551. The molecule has 0 aliphatic carbocycles. The fraction of sp³-hybridized carbons (Fsp3) is 0.105. The number of para-hydroxylation sites is 2. The maximum absolute atomic E-state index is 9.93. The van der Waals surface area contributed by atoms with E-state index in [2.05, 4.69) is 15.6 Å². The van der Waals surface area contributed by atoms with Crippen LogP contribution in [0.5, 0.6) is 5.75 Å². The Labute approximate surface area is 138 Å². The van der Waals surface area contributed by atoms with E-state index in [-0.39, 0.29) is 0 Å². The summed E-state index contributed by atoms with van der Waals surface area (Å²) in [5.74, 6) is 0.341. The fourth-order valence-electron chi connectivity index (χ4n) is 3.03. The zero-order chi connectivity index (χ0) is 15.8. The summed E-state index contributed by atoms with van der Waals surface area (Å²) in [5, 5.41) is 12.5. The first-order valence-electron chi connectivity index (χ1n) is 7.54. The molecule has 0 saturated carbocycles. The number of aryl methyl sites for hydroxylation is 2. The highest BCUT2D eigenvalue weighted by Gasteiger charge is 2.11. The van der Waals surface area contributed by atoms with Crippen LogP contribution in [0.4, 0.5) is 0 Å². The van der Waals surface area contributed by atoms with Gasteiger partial charge in [-0.3, -0.25) is 0 Å². The van der Waals surface area contributed by atoms with E-state index in [0.717, 1.165) is 40.3 Å². The minimum atomic E-state index is 0.341. The van der Waals surface area contributed by atoms with Gasteiger partial charge in [-0.2, -0.15) is 0 Å². The van der Waals surface area contributed by atoms with E-state index in [1.165, 1.54) is 0 Å². The van der Waals surface area contributed by atoms with E-state index >= 15 is 0 Å². The number of rotatable bonds is 3. The lowest BCUT2D eigenvalue weighted by atomic mass is 10.1. The first-order chi connectivity index (χ1) is 11.2. The Morgan fingerprint density at radius 3 is 2.61 bits per heavy atom. The molecule has 3 nitrogen and oxygen atoms in total. The number of benzene rings is 2. The van der Waals surface area contributed by atoms with E-state index < -0.39 is 0 Å². The van der Waals surface area contributed by atoms with Crippen molar-refractivity contribution < 1.29 is 5.11 Å². The topological polar surface area (TPSA) is 38.0 Å². The molecule has 114 valence electrons. The van der Waals surface area contributed by atoms with E-state index in [9.17, 15) is 5.11 Å². The molecule has 2 aromatic carbocycles. The van der Waals surface area contributed by atoms with Crippen LogP contribution in [0, 0.1) is 0 Å². The zero-order valence-electron chi connectivity index (χ0n) is 12.4. The molecule has 0 spiro atoms. The Kier molecular flexibility index (Phi) is 3.43. The standard InChI is InChI=1S/C19H15ClN2O/c20-19-15-10-12-22(11-9-13-5-1-4-8-17(13)23)18(15)14-6-2-3-7-16(14)21-19/h1-8,10,12,23H,9,11H2. The summed E-state index contributed by atoms with van der Waals surface area (Å²) in [7, 11) is 0. The molecule has 1 N–H and O–H groups in total. The molecule has 0 atom stereocenters. The molecule has 0 amide bonds. The monoisotopic (exact) mass is 322 g/mol. The normalized spacial score (nSPS) is 11.3. The van der Waals surface area contributed by atoms with Gasteiger partial charge in [-0.05, 0) is 30.2 Å². The van der Waals surface area contributed by atoms with Crippen molar-refractivity contribution in [2.45, 2.75) is 13.0 Å². The van der Waals surface area contributed by atoms with Crippen molar-refractivity contribution >= 4 is 33.4 Å². The molecule has 0 radical (unpaired) electrons. The van der Waals surface area contributed by atoms with Crippen molar-refractivity contribution in [3.8, 4) is 5.75 Å². The second kappa shape index (κ2) is 5.60. The largest absolute Gasteiger partial charge is 0.508 e. The minimum absolute atomic E-state index is 0.341. The van der Waals surface area contributed by atoms with Crippen molar-refractivity contribution in [2.24, 2.45) is 0 Å². The third-order valence-corrected chi connectivity index (χ3v) is 4.47. The molecule has 4 aromatic rings. The average molecular weight is 323 g/mol. The van der Waals surface area contributed by atoms with Crippen molar-refractivity contribution in [3.63, 3.8) is 0 Å². The SMILES string of the molecule is Oc1ccccc1CCn1ccc2c(Cl)nc3ccccc3c21. The number of hydrogen-bond donors (Lipinski definition) is 1. The summed E-state index contributed by atoms with van der Waals surface area (Å²) >= 11 is 6.33. The molecule has 2 aromatic heterocycles. The van der Waals surface area contributed by atoms with Crippen molar-refractivity contribution in [2.75, 3.05) is 0 Å². The van der Waals surface area contributed by atoms with Crippen LogP contribution in [0.15, 0.2) is 60.8 Å². The van der Waals surface area contributed by atoms with Gasteiger partial charge >= 0.3 is 0 Å². The van der Waals surface area contributed by atoms with Crippen LogP contribution in [0.3, 0.4) is 0 Å². The smallest absolute Gasteiger partial charge is 0.139 e.